The van der Waals surface area contributed by atoms with Crippen molar-refractivity contribution in [1.29, 1.82) is 0 Å². The van der Waals surface area contributed by atoms with E-state index in [1.165, 1.54) is 36.6 Å². The van der Waals surface area contributed by atoms with E-state index in [1.54, 1.807) is 0 Å². The molecule has 2 bridgehead atoms. The van der Waals surface area contributed by atoms with E-state index < -0.39 is 0 Å². The van der Waals surface area contributed by atoms with Gasteiger partial charge in [0.15, 0.2) is 5.11 Å². The Morgan fingerprint density at radius 1 is 1.32 bits per heavy atom. The van der Waals surface area contributed by atoms with Crippen LogP contribution < -0.4 is 16.0 Å². The maximum Gasteiger partial charge on any atom is 0.166 e. The number of aromatic nitrogens is 1. The predicted molar refractivity (Wildman–Crippen MR) is 131 cm³/mol. The molecule has 5 nitrogen and oxygen atoms in total. The van der Waals surface area contributed by atoms with E-state index in [4.69, 9.17) is 12.2 Å². The fourth-order valence-corrected chi connectivity index (χ4v) is 6.04. The van der Waals surface area contributed by atoms with Gasteiger partial charge in [-0.3, -0.25) is 9.88 Å². The number of rotatable bonds is 6. The monoisotopic (exact) mass is 435 g/mol. The highest BCUT2D eigenvalue weighted by molar-refractivity contribution is 7.80. The smallest absolute Gasteiger partial charge is 0.166 e. The molecule has 0 saturated carbocycles. The second-order valence-corrected chi connectivity index (χ2v) is 9.70. The third-order valence-corrected chi connectivity index (χ3v) is 7.78. The van der Waals surface area contributed by atoms with Crippen molar-refractivity contribution in [3.63, 3.8) is 0 Å². The van der Waals surface area contributed by atoms with Crippen LogP contribution in [0.3, 0.4) is 0 Å². The lowest BCUT2D eigenvalue weighted by molar-refractivity contribution is 0.00430. The second-order valence-electron chi connectivity index (χ2n) is 9.29. The molecule has 4 aliphatic heterocycles. The molecule has 0 aliphatic carbocycles. The minimum atomic E-state index is 0.137. The van der Waals surface area contributed by atoms with Crippen LogP contribution in [0.15, 0.2) is 49.2 Å². The van der Waals surface area contributed by atoms with Gasteiger partial charge < -0.3 is 16.0 Å². The number of benzene rings is 1. The van der Waals surface area contributed by atoms with E-state index in [9.17, 15) is 0 Å². The van der Waals surface area contributed by atoms with Gasteiger partial charge in [-0.05, 0) is 80.5 Å². The summed E-state index contributed by atoms with van der Waals surface area (Å²) in [5, 5.41) is 12.7. The van der Waals surface area contributed by atoms with Gasteiger partial charge in [0.2, 0.25) is 0 Å². The molecule has 1 aromatic heterocycles. The first-order valence-electron chi connectivity index (χ1n) is 11.7. The van der Waals surface area contributed by atoms with Gasteiger partial charge in [0, 0.05) is 36.8 Å². The summed E-state index contributed by atoms with van der Waals surface area (Å²) < 4.78 is 0. The Labute approximate surface area is 190 Å². The Morgan fingerprint density at radius 3 is 3.00 bits per heavy atom. The zero-order valence-electron chi connectivity index (χ0n) is 18.1. The maximum absolute atomic E-state index is 5.79. The zero-order valence-corrected chi connectivity index (χ0v) is 18.9. The van der Waals surface area contributed by atoms with E-state index in [0.29, 0.717) is 23.9 Å². The third kappa shape index (κ3) is 4.34. The van der Waals surface area contributed by atoms with Crippen molar-refractivity contribution >= 4 is 28.2 Å². The molecule has 164 valence electrons. The Kier molecular flexibility index (Phi) is 6.21. The summed E-state index contributed by atoms with van der Waals surface area (Å²) in [5.41, 5.74) is 2.34. The van der Waals surface area contributed by atoms with E-state index in [-0.39, 0.29) is 6.04 Å². The number of thiocarbonyl (C=S) groups is 1. The van der Waals surface area contributed by atoms with Crippen LogP contribution in [-0.4, -0.2) is 53.3 Å². The van der Waals surface area contributed by atoms with Gasteiger partial charge >= 0.3 is 0 Å². The molecule has 1 unspecified atom stereocenters. The SMILES string of the molecule is C=C[C@H]1CN2CC[C@H]1C[C@@H]2[C@H](NC(=S)NC[C@H]1CCCN1)c1ccnc2ccccc12. The summed E-state index contributed by atoms with van der Waals surface area (Å²) >= 11 is 5.79. The number of piperidine rings is 3. The molecule has 4 saturated heterocycles. The number of pyridine rings is 1. The third-order valence-electron chi connectivity index (χ3n) is 7.51. The van der Waals surface area contributed by atoms with Crippen LogP contribution >= 0.6 is 12.2 Å². The molecule has 5 heterocycles. The quantitative estimate of drug-likeness (QED) is 0.478. The molecule has 4 fully saturated rings. The fraction of sp³-hybridized carbons (Fsp3) is 0.520. The minimum Gasteiger partial charge on any atom is -0.361 e. The first-order valence-corrected chi connectivity index (χ1v) is 12.1. The number of fused-ring (bicyclic) bond motifs is 4. The van der Waals surface area contributed by atoms with Crippen LogP contribution in [0.2, 0.25) is 0 Å². The number of para-hydroxylation sites is 1. The number of hydrogen-bond donors (Lipinski definition) is 3. The topological polar surface area (TPSA) is 52.2 Å². The molecular formula is C25H33N5S. The molecule has 2 aromatic rings. The van der Waals surface area contributed by atoms with Crippen LogP contribution in [-0.2, 0) is 0 Å². The van der Waals surface area contributed by atoms with E-state index in [2.05, 4.69) is 68.8 Å². The highest BCUT2D eigenvalue weighted by atomic mass is 32.1. The summed E-state index contributed by atoms with van der Waals surface area (Å²) in [4.78, 5) is 7.25. The van der Waals surface area contributed by atoms with Crippen molar-refractivity contribution in [2.75, 3.05) is 26.2 Å². The van der Waals surface area contributed by atoms with Gasteiger partial charge in [0.1, 0.15) is 0 Å². The number of nitrogens with one attached hydrogen (secondary N) is 3. The van der Waals surface area contributed by atoms with Gasteiger partial charge in [-0.15, -0.1) is 6.58 Å². The lowest BCUT2D eigenvalue weighted by Crippen LogP contribution is -2.58. The molecule has 0 amide bonds. The van der Waals surface area contributed by atoms with E-state index >= 15 is 0 Å². The summed E-state index contributed by atoms with van der Waals surface area (Å²) in [5.74, 6) is 1.33. The number of hydrogen-bond acceptors (Lipinski definition) is 4. The molecule has 6 heteroatoms. The lowest BCUT2D eigenvalue weighted by atomic mass is 9.73. The van der Waals surface area contributed by atoms with Crippen LogP contribution in [0.1, 0.15) is 37.3 Å². The van der Waals surface area contributed by atoms with Crippen LogP contribution in [0.5, 0.6) is 0 Å². The zero-order chi connectivity index (χ0) is 21.2. The van der Waals surface area contributed by atoms with Gasteiger partial charge in [-0.1, -0.05) is 24.3 Å². The average molecular weight is 436 g/mol. The molecule has 3 N–H and O–H groups in total. The Balaban J connectivity index is 1.41. The van der Waals surface area contributed by atoms with Crippen LogP contribution in [0, 0.1) is 11.8 Å². The normalized spacial score (nSPS) is 30.8. The molecule has 4 aliphatic rings. The van der Waals surface area contributed by atoms with Gasteiger partial charge in [-0.2, -0.15) is 0 Å². The molecule has 6 atom stereocenters. The van der Waals surface area contributed by atoms with Gasteiger partial charge in [-0.25, -0.2) is 0 Å². The molecule has 1 aromatic carbocycles. The van der Waals surface area contributed by atoms with Gasteiger partial charge in [0.25, 0.3) is 0 Å². The standard InChI is InChI=1S/C25H33N5S/c1-2-17-16-30-13-10-18(17)14-23(30)24(29-25(31)28-15-19-6-5-11-26-19)21-9-12-27-22-8-4-3-7-20(21)22/h2-4,7-9,12,17-19,23-24,26H,1,5-6,10-11,13-16H2,(H2,28,29,31)/t17-,18-,19+,23+,24+/m0/s1. The van der Waals surface area contributed by atoms with Crippen molar-refractivity contribution in [3.05, 3.63) is 54.7 Å². The highest BCUT2D eigenvalue weighted by Gasteiger charge is 2.43. The van der Waals surface area contributed by atoms with E-state index in [0.717, 1.165) is 36.8 Å². The van der Waals surface area contributed by atoms with Crippen molar-refractivity contribution in [1.82, 2.24) is 25.8 Å². The maximum atomic E-state index is 5.79. The fourth-order valence-electron chi connectivity index (χ4n) is 5.83. The Morgan fingerprint density at radius 2 is 2.23 bits per heavy atom. The number of nitrogens with zero attached hydrogens (tertiary/aromatic N) is 2. The largest absolute Gasteiger partial charge is 0.361 e. The second kappa shape index (κ2) is 9.23. The Bertz CT molecular complexity index is 935. The van der Waals surface area contributed by atoms with E-state index in [1.807, 2.05) is 6.20 Å². The van der Waals surface area contributed by atoms with Gasteiger partial charge in [0.05, 0.1) is 11.6 Å². The first-order chi connectivity index (χ1) is 15.2. The summed E-state index contributed by atoms with van der Waals surface area (Å²) in [6.45, 7) is 8.35. The minimum absolute atomic E-state index is 0.137. The van der Waals surface area contributed by atoms with Crippen LogP contribution in [0.25, 0.3) is 10.9 Å². The summed E-state index contributed by atoms with van der Waals surface area (Å²) in [6, 6.07) is 11.7. The molecule has 0 radical (unpaired) electrons. The highest BCUT2D eigenvalue weighted by Crippen LogP contribution is 2.42. The molecule has 31 heavy (non-hydrogen) atoms. The summed E-state index contributed by atoms with van der Waals surface area (Å²) in [7, 11) is 0. The summed E-state index contributed by atoms with van der Waals surface area (Å²) in [6.07, 6.45) is 9.02. The average Bonchev–Trinajstić information content (AvgIpc) is 3.35. The predicted octanol–water partition coefficient (Wildman–Crippen LogP) is 3.39. The Hall–Kier alpha value is -2.02. The van der Waals surface area contributed by atoms with Crippen molar-refractivity contribution in [3.8, 4) is 0 Å². The van der Waals surface area contributed by atoms with Crippen molar-refractivity contribution < 1.29 is 0 Å². The molecule has 0 spiro atoms. The first kappa shape index (κ1) is 20.9. The van der Waals surface area contributed by atoms with Crippen LogP contribution in [0.4, 0.5) is 0 Å². The lowest BCUT2D eigenvalue weighted by Gasteiger charge is -2.52. The van der Waals surface area contributed by atoms with Crippen molar-refractivity contribution in [2.45, 2.75) is 43.8 Å². The molecule has 6 rings (SSSR count). The van der Waals surface area contributed by atoms with Crippen molar-refractivity contribution in [2.24, 2.45) is 11.8 Å². The molecular weight excluding hydrogens is 402 g/mol.